The summed E-state index contributed by atoms with van der Waals surface area (Å²) in [5.41, 5.74) is 1.41. The second-order valence-corrected chi connectivity index (χ2v) is 5.66. The van der Waals surface area contributed by atoms with Crippen molar-refractivity contribution in [3.05, 3.63) is 54.1 Å². The normalized spacial score (nSPS) is 12.8. The third-order valence-electron chi connectivity index (χ3n) is 3.68. The first-order valence-electron chi connectivity index (χ1n) is 7.41. The molecule has 0 aliphatic rings. The van der Waals surface area contributed by atoms with Crippen LogP contribution in [0.5, 0.6) is 0 Å². The van der Waals surface area contributed by atoms with Crippen molar-refractivity contribution in [2.24, 2.45) is 7.05 Å². The molecule has 3 heteroatoms. The number of nitrogens with zero attached hydrogens (tertiary/aromatic N) is 2. The highest BCUT2D eigenvalue weighted by atomic mass is 15.0. The van der Waals surface area contributed by atoms with Gasteiger partial charge in [-0.3, -0.25) is 0 Å². The van der Waals surface area contributed by atoms with Crippen molar-refractivity contribution < 1.29 is 0 Å². The average molecular weight is 271 g/mol. The molecule has 0 aliphatic heterocycles. The molecule has 1 atom stereocenters. The Morgan fingerprint density at radius 2 is 1.95 bits per heavy atom. The standard InChI is InChI=1S/C17H25N3/c1-14(2)19-13-16(15-7-5-4-6-8-15)9-10-17-18-11-12-20(17)3/h4-8,11-12,14,16,19H,9-10,13H2,1-3H3. The zero-order chi connectivity index (χ0) is 14.4. The topological polar surface area (TPSA) is 29.9 Å². The van der Waals surface area contributed by atoms with Crippen LogP contribution in [0.25, 0.3) is 0 Å². The molecule has 1 aromatic heterocycles. The van der Waals surface area contributed by atoms with Crippen molar-refractivity contribution in [3.63, 3.8) is 0 Å². The monoisotopic (exact) mass is 271 g/mol. The molecule has 0 spiro atoms. The molecule has 0 radical (unpaired) electrons. The Balaban J connectivity index is 2.01. The highest BCUT2D eigenvalue weighted by Crippen LogP contribution is 2.20. The van der Waals surface area contributed by atoms with Gasteiger partial charge in [0.15, 0.2) is 0 Å². The molecule has 2 aromatic rings. The summed E-state index contributed by atoms with van der Waals surface area (Å²) in [6.45, 7) is 5.41. The Kier molecular flexibility index (Phi) is 5.36. The van der Waals surface area contributed by atoms with Crippen molar-refractivity contribution in [2.45, 2.75) is 38.6 Å². The van der Waals surface area contributed by atoms with Crippen LogP contribution in [0.3, 0.4) is 0 Å². The lowest BCUT2D eigenvalue weighted by Crippen LogP contribution is -2.28. The first-order chi connectivity index (χ1) is 9.66. The number of hydrogen-bond donors (Lipinski definition) is 1. The summed E-state index contributed by atoms with van der Waals surface area (Å²) < 4.78 is 2.11. The minimum Gasteiger partial charge on any atom is -0.338 e. The minimum atomic E-state index is 0.523. The molecule has 1 heterocycles. The van der Waals surface area contributed by atoms with E-state index >= 15 is 0 Å². The number of imidazole rings is 1. The van der Waals surface area contributed by atoms with Gasteiger partial charge in [0, 0.05) is 38.4 Å². The molecule has 2 rings (SSSR count). The van der Waals surface area contributed by atoms with Crippen LogP contribution in [0.4, 0.5) is 0 Å². The SMILES string of the molecule is CC(C)NCC(CCc1nccn1C)c1ccccc1. The summed E-state index contributed by atoms with van der Waals surface area (Å²) in [5, 5.41) is 3.56. The predicted octanol–water partition coefficient (Wildman–Crippen LogP) is 3.13. The molecule has 0 saturated carbocycles. The van der Waals surface area contributed by atoms with Gasteiger partial charge >= 0.3 is 0 Å². The molecule has 0 amide bonds. The molecule has 0 fully saturated rings. The van der Waals surface area contributed by atoms with Crippen LogP contribution in [0.1, 0.15) is 37.6 Å². The lowest BCUT2D eigenvalue weighted by molar-refractivity contribution is 0.502. The Labute approximate surface area is 122 Å². The third-order valence-corrected chi connectivity index (χ3v) is 3.68. The summed E-state index contributed by atoms with van der Waals surface area (Å²) in [6, 6.07) is 11.3. The molecule has 108 valence electrons. The Hall–Kier alpha value is -1.61. The second-order valence-electron chi connectivity index (χ2n) is 5.66. The van der Waals surface area contributed by atoms with Gasteiger partial charge in [0.25, 0.3) is 0 Å². The van der Waals surface area contributed by atoms with Crippen molar-refractivity contribution in [1.82, 2.24) is 14.9 Å². The van der Waals surface area contributed by atoms with E-state index in [0.29, 0.717) is 12.0 Å². The van der Waals surface area contributed by atoms with Crippen LogP contribution >= 0.6 is 0 Å². The van der Waals surface area contributed by atoms with Gasteiger partial charge in [0.2, 0.25) is 0 Å². The van der Waals surface area contributed by atoms with E-state index in [-0.39, 0.29) is 0 Å². The van der Waals surface area contributed by atoms with Gasteiger partial charge in [0.05, 0.1) is 0 Å². The van der Waals surface area contributed by atoms with Gasteiger partial charge in [-0.1, -0.05) is 44.2 Å². The van der Waals surface area contributed by atoms with E-state index < -0.39 is 0 Å². The molecule has 1 aromatic carbocycles. The molecule has 0 aliphatic carbocycles. The second kappa shape index (κ2) is 7.25. The van der Waals surface area contributed by atoms with E-state index in [1.165, 1.54) is 5.56 Å². The van der Waals surface area contributed by atoms with E-state index in [0.717, 1.165) is 25.2 Å². The Morgan fingerprint density at radius 3 is 2.55 bits per heavy atom. The van der Waals surface area contributed by atoms with Gasteiger partial charge in [-0.25, -0.2) is 4.98 Å². The number of rotatable bonds is 7. The smallest absolute Gasteiger partial charge is 0.108 e. The molecule has 20 heavy (non-hydrogen) atoms. The van der Waals surface area contributed by atoms with Crippen LogP contribution in [-0.4, -0.2) is 22.1 Å². The summed E-state index contributed by atoms with van der Waals surface area (Å²) in [6.07, 6.45) is 6.02. The Morgan fingerprint density at radius 1 is 1.20 bits per heavy atom. The highest BCUT2D eigenvalue weighted by molar-refractivity contribution is 5.20. The highest BCUT2D eigenvalue weighted by Gasteiger charge is 2.13. The van der Waals surface area contributed by atoms with E-state index in [9.17, 15) is 0 Å². The molecule has 1 unspecified atom stereocenters. The Bertz CT molecular complexity index is 502. The molecular formula is C17H25N3. The molecule has 3 nitrogen and oxygen atoms in total. The minimum absolute atomic E-state index is 0.523. The lowest BCUT2D eigenvalue weighted by atomic mass is 9.93. The maximum Gasteiger partial charge on any atom is 0.108 e. The van der Waals surface area contributed by atoms with E-state index in [4.69, 9.17) is 0 Å². The van der Waals surface area contributed by atoms with Crippen molar-refractivity contribution >= 4 is 0 Å². The third kappa shape index (κ3) is 4.20. The zero-order valence-electron chi connectivity index (χ0n) is 12.7. The number of aromatic nitrogens is 2. The summed E-state index contributed by atoms with van der Waals surface area (Å²) in [5.74, 6) is 1.70. The fourth-order valence-electron chi connectivity index (χ4n) is 2.43. The number of benzene rings is 1. The summed E-state index contributed by atoms with van der Waals surface area (Å²) in [7, 11) is 2.06. The fourth-order valence-corrected chi connectivity index (χ4v) is 2.43. The lowest BCUT2D eigenvalue weighted by Gasteiger charge is -2.19. The maximum absolute atomic E-state index is 4.42. The van der Waals surface area contributed by atoms with Crippen LogP contribution in [0.15, 0.2) is 42.7 Å². The van der Waals surface area contributed by atoms with Gasteiger partial charge in [-0.2, -0.15) is 0 Å². The van der Waals surface area contributed by atoms with Crippen LogP contribution in [0, 0.1) is 0 Å². The summed E-state index contributed by atoms with van der Waals surface area (Å²) in [4.78, 5) is 4.42. The average Bonchev–Trinajstić information content (AvgIpc) is 2.85. The quantitative estimate of drug-likeness (QED) is 0.838. The first-order valence-corrected chi connectivity index (χ1v) is 7.41. The number of hydrogen-bond acceptors (Lipinski definition) is 2. The van der Waals surface area contributed by atoms with Gasteiger partial charge in [-0.05, 0) is 17.9 Å². The largest absolute Gasteiger partial charge is 0.338 e. The molecule has 1 N–H and O–H groups in total. The van der Waals surface area contributed by atoms with Crippen LogP contribution in [0.2, 0.25) is 0 Å². The first kappa shape index (κ1) is 14.8. The predicted molar refractivity (Wildman–Crippen MR) is 83.9 cm³/mol. The van der Waals surface area contributed by atoms with Crippen LogP contribution in [-0.2, 0) is 13.5 Å². The molecule has 0 bridgehead atoms. The van der Waals surface area contributed by atoms with Crippen molar-refractivity contribution in [1.29, 1.82) is 0 Å². The molecule has 0 saturated heterocycles. The van der Waals surface area contributed by atoms with Gasteiger partial charge in [0.1, 0.15) is 5.82 Å². The van der Waals surface area contributed by atoms with Crippen molar-refractivity contribution in [3.8, 4) is 0 Å². The zero-order valence-corrected chi connectivity index (χ0v) is 12.7. The van der Waals surface area contributed by atoms with Crippen LogP contribution < -0.4 is 5.32 Å². The number of aryl methyl sites for hydroxylation is 2. The van der Waals surface area contributed by atoms with E-state index in [2.05, 4.69) is 66.1 Å². The van der Waals surface area contributed by atoms with Gasteiger partial charge < -0.3 is 9.88 Å². The van der Waals surface area contributed by atoms with E-state index in [1.54, 1.807) is 0 Å². The van der Waals surface area contributed by atoms with E-state index in [1.807, 2.05) is 12.4 Å². The maximum atomic E-state index is 4.42. The number of nitrogens with one attached hydrogen (secondary N) is 1. The summed E-state index contributed by atoms with van der Waals surface area (Å²) >= 11 is 0. The van der Waals surface area contributed by atoms with Crippen molar-refractivity contribution in [2.75, 3.05) is 6.54 Å². The van der Waals surface area contributed by atoms with Gasteiger partial charge in [-0.15, -0.1) is 0 Å². The fraction of sp³-hybridized carbons (Fsp3) is 0.471. The molecular weight excluding hydrogens is 246 g/mol.